The topological polar surface area (TPSA) is 87.6 Å². The molecular formula is C18H15F4N3O3S. The second kappa shape index (κ2) is 7.82. The van der Waals surface area contributed by atoms with Crippen molar-refractivity contribution in [2.75, 3.05) is 5.32 Å². The highest BCUT2D eigenvalue weighted by molar-refractivity contribution is 7.90. The van der Waals surface area contributed by atoms with E-state index in [0.717, 1.165) is 6.07 Å². The maximum atomic E-state index is 12.9. The van der Waals surface area contributed by atoms with Crippen molar-refractivity contribution in [3.63, 3.8) is 0 Å². The zero-order chi connectivity index (χ0) is 21.2. The van der Waals surface area contributed by atoms with Crippen molar-refractivity contribution in [2.24, 2.45) is 4.40 Å². The van der Waals surface area contributed by atoms with Gasteiger partial charge in [0.05, 0.1) is 11.3 Å². The first kappa shape index (κ1) is 20.8. The number of nitrogens with one attached hydrogen (secondary N) is 2. The number of amides is 1. The number of alkyl halides is 3. The molecule has 6 nitrogen and oxygen atoms in total. The summed E-state index contributed by atoms with van der Waals surface area (Å²) in [6, 6.07) is 7.71. The summed E-state index contributed by atoms with van der Waals surface area (Å²) in [5.41, 5.74) is -0.571. The van der Waals surface area contributed by atoms with Gasteiger partial charge in [-0.1, -0.05) is 12.1 Å². The molecular weight excluding hydrogens is 414 g/mol. The van der Waals surface area contributed by atoms with Crippen molar-refractivity contribution >= 4 is 27.5 Å². The molecule has 0 unspecified atom stereocenters. The molecule has 1 amide bonds. The Hall–Kier alpha value is -2.95. The molecule has 2 aromatic carbocycles. The highest BCUT2D eigenvalue weighted by atomic mass is 32.2. The summed E-state index contributed by atoms with van der Waals surface area (Å²) in [5.74, 6) is -0.962. The fourth-order valence-corrected chi connectivity index (χ4v) is 3.79. The van der Waals surface area contributed by atoms with Gasteiger partial charge >= 0.3 is 6.18 Å². The summed E-state index contributed by atoms with van der Waals surface area (Å²) >= 11 is 0. The number of anilines is 1. The second-order valence-electron chi connectivity index (χ2n) is 6.25. The quantitative estimate of drug-likeness (QED) is 0.713. The zero-order valence-corrected chi connectivity index (χ0v) is 15.6. The van der Waals surface area contributed by atoms with Crippen molar-refractivity contribution in [2.45, 2.75) is 30.5 Å². The predicted octanol–water partition coefficient (Wildman–Crippen LogP) is 3.45. The van der Waals surface area contributed by atoms with E-state index in [1.165, 1.54) is 24.3 Å². The number of benzene rings is 2. The Morgan fingerprint density at radius 2 is 1.79 bits per heavy atom. The monoisotopic (exact) mass is 429 g/mol. The third-order valence-electron chi connectivity index (χ3n) is 4.09. The number of rotatable bonds is 5. The Kier molecular flexibility index (Phi) is 5.60. The fraction of sp³-hybridized carbons (Fsp3) is 0.222. The Balaban J connectivity index is 1.64. The molecule has 0 fully saturated rings. The van der Waals surface area contributed by atoms with Crippen LogP contribution in [0.4, 0.5) is 23.2 Å². The molecule has 2 N–H and O–H groups in total. The lowest BCUT2D eigenvalue weighted by Gasteiger charge is -2.19. The number of halogens is 4. The number of carbonyl (C=O) groups excluding carboxylic acids is 1. The van der Waals surface area contributed by atoms with Crippen LogP contribution in [0.1, 0.15) is 24.0 Å². The standard InChI is InChI=1S/C18H15F4N3O3S/c19-13-4-1-11(2-5-13)10-23-17(26)8-7-16-24-14-9-12(18(20,21)22)3-6-15(14)29(27,28)25-16/h1-6,9H,7-8,10H2,(H,23,26)(H,24,25). The molecule has 0 bridgehead atoms. The van der Waals surface area contributed by atoms with Crippen LogP contribution in [-0.2, 0) is 27.5 Å². The van der Waals surface area contributed by atoms with Crippen LogP contribution in [0, 0.1) is 5.82 Å². The van der Waals surface area contributed by atoms with Crippen LogP contribution in [0.25, 0.3) is 0 Å². The average Bonchev–Trinajstić information content (AvgIpc) is 2.64. The van der Waals surface area contributed by atoms with Crippen LogP contribution in [0.15, 0.2) is 51.8 Å². The first-order valence-corrected chi connectivity index (χ1v) is 9.82. The molecule has 3 rings (SSSR count). The van der Waals surface area contributed by atoms with Gasteiger partial charge in [0, 0.05) is 19.4 Å². The largest absolute Gasteiger partial charge is 0.416 e. The van der Waals surface area contributed by atoms with Crippen LogP contribution in [-0.4, -0.2) is 20.2 Å². The molecule has 29 heavy (non-hydrogen) atoms. The van der Waals surface area contributed by atoms with Gasteiger partial charge in [0.25, 0.3) is 10.0 Å². The van der Waals surface area contributed by atoms with E-state index < -0.39 is 33.5 Å². The number of carbonyl (C=O) groups is 1. The minimum Gasteiger partial charge on any atom is -0.352 e. The van der Waals surface area contributed by atoms with Gasteiger partial charge in [-0.05, 0) is 35.9 Å². The predicted molar refractivity (Wildman–Crippen MR) is 97.2 cm³/mol. The summed E-state index contributed by atoms with van der Waals surface area (Å²) in [4.78, 5) is 11.6. The van der Waals surface area contributed by atoms with E-state index in [1.54, 1.807) is 0 Å². The molecule has 1 heterocycles. The SMILES string of the molecule is O=C(CCC1=NS(=O)(=O)c2ccc(C(F)(F)F)cc2N1)NCc1ccc(F)cc1. The molecule has 11 heteroatoms. The first-order valence-electron chi connectivity index (χ1n) is 8.38. The molecule has 1 aliphatic rings. The molecule has 0 saturated heterocycles. The van der Waals surface area contributed by atoms with Gasteiger partial charge in [0.15, 0.2) is 0 Å². The van der Waals surface area contributed by atoms with Crippen molar-refractivity contribution in [3.05, 3.63) is 59.4 Å². The van der Waals surface area contributed by atoms with Gasteiger partial charge < -0.3 is 10.6 Å². The molecule has 0 spiro atoms. The number of fused-ring (bicyclic) bond motifs is 1. The summed E-state index contributed by atoms with van der Waals surface area (Å²) in [7, 11) is -4.17. The van der Waals surface area contributed by atoms with Gasteiger partial charge in [-0.3, -0.25) is 4.79 Å². The van der Waals surface area contributed by atoms with Crippen molar-refractivity contribution in [3.8, 4) is 0 Å². The van der Waals surface area contributed by atoms with Crippen LogP contribution in [0.2, 0.25) is 0 Å². The number of hydrogen-bond donors (Lipinski definition) is 2. The Morgan fingerprint density at radius 1 is 1.10 bits per heavy atom. The van der Waals surface area contributed by atoms with Crippen molar-refractivity contribution < 1.29 is 30.8 Å². The van der Waals surface area contributed by atoms with E-state index in [9.17, 15) is 30.8 Å². The van der Waals surface area contributed by atoms with Gasteiger partial charge in [-0.15, -0.1) is 4.40 Å². The number of nitrogens with zero attached hydrogens (tertiary/aromatic N) is 1. The number of amidine groups is 1. The number of hydrogen-bond acceptors (Lipinski definition) is 4. The van der Waals surface area contributed by atoms with E-state index in [2.05, 4.69) is 15.0 Å². The van der Waals surface area contributed by atoms with Crippen LogP contribution in [0.3, 0.4) is 0 Å². The molecule has 0 radical (unpaired) electrons. The first-order chi connectivity index (χ1) is 13.5. The van der Waals surface area contributed by atoms with E-state index in [-0.39, 0.29) is 35.8 Å². The minimum absolute atomic E-state index is 0.121. The lowest BCUT2D eigenvalue weighted by molar-refractivity contribution is -0.137. The maximum Gasteiger partial charge on any atom is 0.416 e. The molecule has 0 atom stereocenters. The summed E-state index contributed by atoms with van der Waals surface area (Å²) < 4.78 is 79.4. The van der Waals surface area contributed by atoms with Gasteiger partial charge in [-0.25, -0.2) is 4.39 Å². The third kappa shape index (κ3) is 5.11. The smallest absolute Gasteiger partial charge is 0.352 e. The molecule has 1 aliphatic heterocycles. The van der Waals surface area contributed by atoms with Gasteiger partial charge in [-0.2, -0.15) is 21.6 Å². The van der Waals surface area contributed by atoms with E-state index in [4.69, 9.17) is 0 Å². The van der Waals surface area contributed by atoms with Gasteiger partial charge in [0.1, 0.15) is 16.5 Å². The molecule has 0 aromatic heterocycles. The lowest BCUT2D eigenvalue weighted by atomic mass is 10.2. The van der Waals surface area contributed by atoms with Crippen molar-refractivity contribution in [1.29, 1.82) is 0 Å². The molecule has 0 aliphatic carbocycles. The highest BCUT2D eigenvalue weighted by Gasteiger charge is 2.33. The van der Waals surface area contributed by atoms with Crippen LogP contribution in [0.5, 0.6) is 0 Å². The van der Waals surface area contributed by atoms with E-state index in [0.29, 0.717) is 17.7 Å². The summed E-state index contributed by atoms with van der Waals surface area (Å²) in [5, 5.41) is 5.13. The minimum atomic E-state index is -4.63. The Bertz CT molecular complexity index is 1060. The van der Waals surface area contributed by atoms with Gasteiger partial charge in [0.2, 0.25) is 5.91 Å². The maximum absolute atomic E-state index is 12.9. The van der Waals surface area contributed by atoms with E-state index >= 15 is 0 Å². The van der Waals surface area contributed by atoms with Crippen molar-refractivity contribution in [1.82, 2.24) is 5.32 Å². The normalized spacial score (nSPS) is 15.1. The highest BCUT2D eigenvalue weighted by Crippen LogP contribution is 2.35. The molecule has 154 valence electrons. The summed E-state index contributed by atoms with van der Waals surface area (Å²) in [6.45, 7) is 0.148. The molecule has 2 aromatic rings. The van der Waals surface area contributed by atoms with E-state index in [1.807, 2.05) is 0 Å². The average molecular weight is 429 g/mol. The third-order valence-corrected chi connectivity index (χ3v) is 5.46. The zero-order valence-electron chi connectivity index (χ0n) is 14.8. The fourth-order valence-electron chi connectivity index (χ4n) is 2.63. The van der Waals surface area contributed by atoms with Crippen LogP contribution >= 0.6 is 0 Å². The molecule has 0 saturated carbocycles. The second-order valence-corrected chi connectivity index (χ2v) is 7.82. The lowest BCUT2D eigenvalue weighted by Crippen LogP contribution is -2.26. The Morgan fingerprint density at radius 3 is 2.45 bits per heavy atom. The summed E-state index contributed by atoms with van der Waals surface area (Å²) in [6.07, 6.45) is -4.89. The number of sulfonamides is 1. The van der Waals surface area contributed by atoms with Crippen LogP contribution < -0.4 is 10.6 Å². The Labute approximate surface area is 163 Å².